The van der Waals surface area contributed by atoms with Gasteiger partial charge < -0.3 is 15.5 Å². The fraction of sp³-hybridized carbons (Fsp3) is 0.932. The molecule has 2 atom stereocenters. The molecule has 48 heavy (non-hydrogen) atoms. The van der Waals surface area contributed by atoms with E-state index in [0.29, 0.717) is 12.8 Å². The van der Waals surface area contributed by atoms with Gasteiger partial charge in [0.25, 0.3) is 0 Å². The summed E-state index contributed by atoms with van der Waals surface area (Å²) in [5, 5.41) is 23.1. The first-order chi connectivity index (χ1) is 23.7. The summed E-state index contributed by atoms with van der Waals surface area (Å²) in [5.74, 6) is -0.0367. The minimum atomic E-state index is -0.676. The van der Waals surface area contributed by atoms with Crippen LogP contribution in [-0.2, 0) is 4.79 Å². The molecular weight excluding hydrogens is 590 g/mol. The number of unbranched alkanes of at least 4 members (excludes halogenated alkanes) is 31. The summed E-state index contributed by atoms with van der Waals surface area (Å²) in [7, 11) is 0. The highest BCUT2D eigenvalue weighted by Crippen LogP contribution is 2.16. The monoisotopic (exact) mass is 678 g/mol. The van der Waals surface area contributed by atoms with Crippen molar-refractivity contribution >= 4 is 5.91 Å². The van der Waals surface area contributed by atoms with Crippen LogP contribution in [-0.4, -0.2) is 34.9 Å². The Morgan fingerprint density at radius 3 is 1.15 bits per heavy atom. The molecule has 4 nitrogen and oxygen atoms in total. The first-order valence-corrected chi connectivity index (χ1v) is 21.9. The van der Waals surface area contributed by atoms with Crippen molar-refractivity contribution in [2.24, 2.45) is 0 Å². The van der Waals surface area contributed by atoms with E-state index in [1.165, 1.54) is 186 Å². The van der Waals surface area contributed by atoms with Crippen LogP contribution in [0.2, 0.25) is 0 Å². The van der Waals surface area contributed by atoms with Gasteiger partial charge in [-0.3, -0.25) is 4.79 Å². The van der Waals surface area contributed by atoms with Crippen molar-refractivity contribution in [1.29, 1.82) is 0 Å². The first-order valence-electron chi connectivity index (χ1n) is 21.9. The lowest BCUT2D eigenvalue weighted by Crippen LogP contribution is -2.45. The van der Waals surface area contributed by atoms with Gasteiger partial charge in [0.1, 0.15) is 0 Å². The topological polar surface area (TPSA) is 69.6 Å². The number of carbonyl (C=O) groups is 1. The molecule has 0 aromatic rings. The number of carbonyl (C=O) groups excluding carboxylic acids is 1. The van der Waals surface area contributed by atoms with Crippen molar-refractivity contribution in [2.75, 3.05) is 6.61 Å². The van der Waals surface area contributed by atoms with Crippen LogP contribution in [0.5, 0.6) is 0 Å². The van der Waals surface area contributed by atoms with Crippen molar-refractivity contribution in [2.45, 2.75) is 257 Å². The third-order valence-electron chi connectivity index (χ3n) is 10.3. The van der Waals surface area contributed by atoms with E-state index in [1.54, 1.807) is 0 Å². The second-order valence-electron chi connectivity index (χ2n) is 15.1. The molecule has 0 aliphatic heterocycles. The predicted molar refractivity (Wildman–Crippen MR) is 212 cm³/mol. The summed E-state index contributed by atoms with van der Waals surface area (Å²) < 4.78 is 0. The summed E-state index contributed by atoms with van der Waals surface area (Å²) in [4.78, 5) is 12.4. The maximum Gasteiger partial charge on any atom is 0.220 e. The summed E-state index contributed by atoms with van der Waals surface area (Å²) in [6.45, 7) is 4.36. The van der Waals surface area contributed by atoms with Crippen LogP contribution < -0.4 is 5.32 Å². The molecule has 0 radical (unpaired) electrons. The van der Waals surface area contributed by atoms with Gasteiger partial charge in [-0.15, -0.1) is 0 Å². The van der Waals surface area contributed by atoms with Crippen molar-refractivity contribution < 1.29 is 15.0 Å². The fourth-order valence-electron chi connectivity index (χ4n) is 6.89. The summed E-state index contributed by atoms with van der Waals surface area (Å²) in [6.07, 6.45) is 50.0. The second-order valence-corrected chi connectivity index (χ2v) is 15.1. The van der Waals surface area contributed by atoms with Crippen LogP contribution in [0.4, 0.5) is 0 Å². The third-order valence-corrected chi connectivity index (χ3v) is 10.3. The number of allylic oxidation sites excluding steroid dienone is 2. The van der Waals surface area contributed by atoms with Gasteiger partial charge in [0.05, 0.1) is 18.8 Å². The molecule has 0 bridgehead atoms. The number of hydrogen-bond donors (Lipinski definition) is 3. The Balaban J connectivity index is 3.50. The molecule has 286 valence electrons. The van der Waals surface area contributed by atoms with Crippen LogP contribution in [0.15, 0.2) is 12.2 Å². The van der Waals surface area contributed by atoms with E-state index in [-0.39, 0.29) is 12.5 Å². The molecule has 1 amide bonds. The molecule has 3 N–H and O–H groups in total. The minimum absolute atomic E-state index is 0.0367. The van der Waals surface area contributed by atoms with E-state index in [9.17, 15) is 15.0 Å². The van der Waals surface area contributed by atoms with Gasteiger partial charge in [0, 0.05) is 6.42 Å². The van der Waals surface area contributed by atoms with Crippen molar-refractivity contribution in [3.05, 3.63) is 12.2 Å². The van der Waals surface area contributed by atoms with Crippen molar-refractivity contribution in [1.82, 2.24) is 5.32 Å². The van der Waals surface area contributed by atoms with Crippen LogP contribution in [0.1, 0.15) is 245 Å². The summed E-state index contributed by atoms with van der Waals surface area (Å²) in [6, 6.07) is -0.547. The van der Waals surface area contributed by atoms with E-state index in [1.807, 2.05) is 0 Å². The quantitative estimate of drug-likeness (QED) is 0.0446. The van der Waals surface area contributed by atoms with Crippen molar-refractivity contribution in [3.8, 4) is 0 Å². The molecule has 0 saturated heterocycles. The van der Waals surface area contributed by atoms with E-state index in [2.05, 4.69) is 31.3 Å². The highest BCUT2D eigenvalue weighted by Gasteiger charge is 2.19. The smallest absolute Gasteiger partial charge is 0.220 e. The van der Waals surface area contributed by atoms with Gasteiger partial charge >= 0.3 is 0 Å². The molecule has 0 saturated carbocycles. The highest BCUT2D eigenvalue weighted by molar-refractivity contribution is 5.76. The largest absolute Gasteiger partial charge is 0.394 e. The van der Waals surface area contributed by atoms with Crippen LogP contribution in [0.3, 0.4) is 0 Å². The second kappa shape index (κ2) is 40.6. The lowest BCUT2D eigenvalue weighted by molar-refractivity contribution is -0.123. The average molecular weight is 678 g/mol. The molecule has 0 heterocycles. The van der Waals surface area contributed by atoms with Gasteiger partial charge in [-0.2, -0.15) is 0 Å². The Morgan fingerprint density at radius 2 is 0.792 bits per heavy atom. The molecule has 0 fully saturated rings. The number of amides is 1. The van der Waals surface area contributed by atoms with Gasteiger partial charge in [-0.1, -0.05) is 212 Å². The Morgan fingerprint density at radius 1 is 0.479 bits per heavy atom. The van der Waals surface area contributed by atoms with E-state index in [4.69, 9.17) is 0 Å². The zero-order valence-corrected chi connectivity index (χ0v) is 32.8. The average Bonchev–Trinajstić information content (AvgIpc) is 3.09. The maximum absolute atomic E-state index is 12.4. The maximum atomic E-state index is 12.4. The molecule has 0 aliphatic rings. The van der Waals surface area contributed by atoms with Crippen LogP contribution in [0.25, 0.3) is 0 Å². The fourth-order valence-corrected chi connectivity index (χ4v) is 6.89. The molecule has 0 aliphatic carbocycles. The molecular formula is C44H87NO3. The Bertz CT molecular complexity index is 651. The zero-order chi connectivity index (χ0) is 35.0. The lowest BCUT2D eigenvalue weighted by atomic mass is 10.0. The Labute approximate surface area is 301 Å². The standard InChI is InChI=1S/C44H87NO3/c1-3-5-7-9-11-13-15-17-19-20-21-22-23-24-26-28-30-32-34-36-38-40-44(48)45-42(41-46)43(47)39-37-35-33-31-29-27-25-18-16-14-12-10-8-6-4-2/h29,31,42-43,46-47H,3-28,30,32-41H2,1-2H3,(H,45,48)/b31-29+/t42-,43+/m0/s1. The molecule has 0 unspecified atom stereocenters. The third kappa shape index (κ3) is 36.4. The Hall–Kier alpha value is -0.870. The number of aliphatic hydroxyl groups excluding tert-OH is 2. The molecule has 4 heteroatoms. The molecule has 0 aromatic carbocycles. The number of hydrogen-bond acceptors (Lipinski definition) is 3. The predicted octanol–water partition coefficient (Wildman–Crippen LogP) is 13.5. The van der Waals surface area contributed by atoms with Crippen molar-refractivity contribution in [3.63, 3.8) is 0 Å². The van der Waals surface area contributed by atoms with Crippen LogP contribution in [0, 0.1) is 0 Å². The highest BCUT2D eigenvalue weighted by atomic mass is 16.3. The molecule has 0 aromatic heterocycles. The molecule has 0 spiro atoms. The van der Waals surface area contributed by atoms with Crippen LogP contribution >= 0.6 is 0 Å². The van der Waals surface area contributed by atoms with E-state index >= 15 is 0 Å². The number of nitrogens with one attached hydrogen (secondary N) is 1. The normalized spacial score (nSPS) is 13.0. The minimum Gasteiger partial charge on any atom is -0.394 e. The summed E-state index contributed by atoms with van der Waals surface area (Å²) in [5.41, 5.74) is 0. The SMILES string of the molecule is CCCCCCCCCCC/C=C/CCCC[C@@H](O)[C@H](CO)NC(=O)CCCCCCCCCCCCCCCCCCCCCCC. The van der Waals surface area contributed by atoms with Gasteiger partial charge in [-0.05, 0) is 38.5 Å². The van der Waals surface area contributed by atoms with E-state index in [0.717, 1.165) is 32.1 Å². The molecule has 0 rings (SSSR count). The van der Waals surface area contributed by atoms with E-state index < -0.39 is 12.1 Å². The van der Waals surface area contributed by atoms with Gasteiger partial charge in [-0.25, -0.2) is 0 Å². The van der Waals surface area contributed by atoms with Gasteiger partial charge in [0.2, 0.25) is 5.91 Å². The lowest BCUT2D eigenvalue weighted by Gasteiger charge is -2.22. The number of aliphatic hydroxyl groups is 2. The van der Waals surface area contributed by atoms with Gasteiger partial charge in [0.15, 0.2) is 0 Å². The number of rotatable bonds is 40. The summed E-state index contributed by atoms with van der Waals surface area (Å²) >= 11 is 0. The first kappa shape index (κ1) is 47.1. The zero-order valence-electron chi connectivity index (χ0n) is 32.8. The Kier molecular flexibility index (Phi) is 39.8.